The second-order valence-corrected chi connectivity index (χ2v) is 7.69. The van der Waals surface area contributed by atoms with E-state index in [0.29, 0.717) is 5.75 Å². The lowest BCUT2D eigenvalue weighted by molar-refractivity contribution is -0.141. The minimum Gasteiger partial charge on any atom is -0.507 e. The number of aromatic hydroxyl groups is 1. The topological polar surface area (TPSA) is 73.1 Å². The number of aliphatic imine (C=N–C) groups is 1. The van der Waals surface area contributed by atoms with Crippen LogP contribution in [0.2, 0.25) is 0 Å². The fourth-order valence-corrected chi connectivity index (χ4v) is 5.50. The molecule has 5 nitrogen and oxygen atoms in total. The van der Waals surface area contributed by atoms with Crippen LogP contribution in [0.5, 0.6) is 5.75 Å². The molecule has 0 spiro atoms. The number of likely N-dealkylation sites (N-methyl/N-ethyl adjacent to an activating group) is 1. The number of hydrogen-bond acceptors (Lipinski definition) is 6. The molecule has 2 aliphatic heterocycles. The predicted molar refractivity (Wildman–Crippen MR) is 91.1 cm³/mol. The number of para-hydroxylation sites is 1. The molecular formula is C15H18N2O3S2. The number of carbonyl (C=O) groups is 1. The summed E-state index contributed by atoms with van der Waals surface area (Å²) in [6.07, 6.45) is 0. The van der Waals surface area contributed by atoms with E-state index in [-0.39, 0.29) is 17.2 Å². The highest BCUT2D eigenvalue weighted by Gasteiger charge is 2.41. The Bertz CT molecular complexity index is 635. The van der Waals surface area contributed by atoms with Gasteiger partial charge in [0.25, 0.3) is 0 Å². The number of phenols is 1. The third kappa shape index (κ3) is 2.73. The average molecular weight is 338 g/mol. The van der Waals surface area contributed by atoms with Crippen LogP contribution in [0.25, 0.3) is 0 Å². The molecule has 1 fully saturated rings. The summed E-state index contributed by atoms with van der Waals surface area (Å²) >= 11 is 3.28. The van der Waals surface area contributed by atoms with Crippen LogP contribution >= 0.6 is 23.5 Å². The molecule has 0 amide bonds. The molecule has 2 N–H and O–H groups in total. The van der Waals surface area contributed by atoms with Crippen LogP contribution in [0.4, 0.5) is 0 Å². The number of phenolic OH excluding ortho intramolecular Hbond substituents is 1. The number of carboxylic acids is 1. The Hall–Kier alpha value is -1.18. The molecule has 118 valence electrons. The van der Waals surface area contributed by atoms with Gasteiger partial charge in [-0.1, -0.05) is 12.1 Å². The maximum atomic E-state index is 11.2. The van der Waals surface area contributed by atoms with Gasteiger partial charge in [-0.3, -0.25) is 14.7 Å². The molecule has 0 radical (unpaired) electrons. The molecule has 22 heavy (non-hydrogen) atoms. The SMILES string of the molecule is Cc1cccc(C2=NC(C3SC[C@H](C(=O)O)N3C)CS2)c1O. The minimum absolute atomic E-state index is 0.0549. The summed E-state index contributed by atoms with van der Waals surface area (Å²) in [6, 6.07) is 5.28. The van der Waals surface area contributed by atoms with Crippen molar-refractivity contribution in [3.05, 3.63) is 29.3 Å². The van der Waals surface area contributed by atoms with Crippen molar-refractivity contribution >= 4 is 34.5 Å². The van der Waals surface area contributed by atoms with E-state index in [4.69, 9.17) is 4.99 Å². The molecule has 1 saturated heterocycles. The van der Waals surface area contributed by atoms with Crippen molar-refractivity contribution in [2.24, 2.45) is 4.99 Å². The Labute approximate surface area is 137 Å². The molecule has 0 bridgehead atoms. The second kappa shape index (κ2) is 6.14. The van der Waals surface area contributed by atoms with Gasteiger partial charge in [-0.25, -0.2) is 0 Å². The Morgan fingerprint density at radius 2 is 2.18 bits per heavy atom. The van der Waals surface area contributed by atoms with Gasteiger partial charge in [-0.15, -0.1) is 23.5 Å². The summed E-state index contributed by atoms with van der Waals surface area (Å²) in [5.74, 6) is 0.920. The van der Waals surface area contributed by atoms with Crippen molar-refractivity contribution in [2.45, 2.75) is 24.4 Å². The van der Waals surface area contributed by atoms with Crippen LogP contribution in [0, 0.1) is 6.92 Å². The highest BCUT2D eigenvalue weighted by Crippen LogP contribution is 2.38. The number of benzene rings is 1. The zero-order valence-electron chi connectivity index (χ0n) is 12.4. The maximum Gasteiger partial charge on any atom is 0.321 e. The molecular weight excluding hydrogens is 320 g/mol. The van der Waals surface area contributed by atoms with E-state index in [1.165, 1.54) is 0 Å². The Morgan fingerprint density at radius 1 is 1.41 bits per heavy atom. The molecule has 0 aliphatic carbocycles. The molecule has 1 aromatic carbocycles. The normalized spacial score (nSPS) is 28.8. The number of nitrogens with zero attached hydrogens (tertiary/aromatic N) is 2. The van der Waals surface area contributed by atoms with Gasteiger partial charge in [0.15, 0.2) is 0 Å². The third-order valence-corrected chi connectivity index (χ3v) is 6.68. The zero-order valence-corrected chi connectivity index (χ0v) is 14.0. The van der Waals surface area contributed by atoms with Gasteiger partial charge < -0.3 is 10.2 Å². The lowest BCUT2D eigenvalue weighted by Crippen LogP contribution is -2.42. The molecule has 7 heteroatoms. The van der Waals surface area contributed by atoms with Crippen LogP contribution in [-0.4, -0.2) is 62.1 Å². The van der Waals surface area contributed by atoms with Gasteiger partial charge in [-0.05, 0) is 25.6 Å². The highest BCUT2D eigenvalue weighted by molar-refractivity contribution is 8.14. The summed E-state index contributed by atoms with van der Waals surface area (Å²) in [7, 11) is 1.85. The first-order valence-electron chi connectivity index (χ1n) is 7.05. The third-order valence-electron chi connectivity index (χ3n) is 4.07. The molecule has 0 saturated carbocycles. The molecule has 1 aromatic rings. The lowest BCUT2D eigenvalue weighted by Gasteiger charge is -2.24. The number of thioether (sulfide) groups is 2. The number of hydrogen-bond donors (Lipinski definition) is 2. The van der Waals surface area contributed by atoms with Crippen LogP contribution in [0.3, 0.4) is 0 Å². The lowest BCUT2D eigenvalue weighted by atomic mass is 10.1. The van der Waals surface area contributed by atoms with Crippen LogP contribution in [0.15, 0.2) is 23.2 Å². The van der Waals surface area contributed by atoms with Crippen molar-refractivity contribution in [1.82, 2.24) is 4.90 Å². The summed E-state index contributed by atoms with van der Waals surface area (Å²) in [4.78, 5) is 17.9. The number of rotatable bonds is 3. The van der Waals surface area contributed by atoms with E-state index in [9.17, 15) is 15.0 Å². The van der Waals surface area contributed by atoms with Gasteiger partial charge in [0.05, 0.1) is 11.4 Å². The molecule has 2 heterocycles. The summed E-state index contributed by atoms with van der Waals surface area (Å²) < 4.78 is 0. The summed E-state index contributed by atoms with van der Waals surface area (Å²) in [5.41, 5.74) is 1.61. The van der Waals surface area contributed by atoms with Crippen LogP contribution < -0.4 is 0 Å². The highest BCUT2D eigenvalue weighted by atomic mass is 32.2. The van der Waals surface area contributed by atoms with Gasteiger partial charge in [-0.2, -0.15) is 0 Å². The van der Waals surface area contributed by atoms with Crippen molar-refractivity contribution in [1.29, 1.82) is 0 Å². The number of carboxylic acid groups (broad SMARTS) is 1. The first kappa shape index (κ1) is 15.7. The van der Waals surface area contributed by atoms with E-state index in [1.807, 2.05) is 37.1 Å². The maximum absolute atomic E-state index is 11.2. The van der Waals surface area contributed by atoms with E-state index in [1.54, 1.807) is 23.5 Å². The predicted octanol–water partition coefficient (Wildman–Crippen LogP) is 2.02. The fourth-order valence-electron chi connectivity index (χ4n) is 2.74. The molecule has 2 aliphatic rings. The monoisotopic (exact) mass is 338 g/mol. The average Bonchev–Trinajstić information content (AvgIpc) is 3.08. The first-order chi connectivity index (χ1) is 10.5. The minimum atomic E-state index is -0.774. The van der Waals surface area contributed by atoms with E-state index < -0.39 is 12.0 Å². The Morgan fingerprint density at radius 3 is 2.86 bits per heavy atom. The molecule has 0 aromatic heterocycles. The zero-order chi connectivity index (χ0) is 15.9. The quantitative estimate of drug-likeness (QED) is 0.878. The summed E-state index contributed by atoms with van der Waals surface area (Å²) in [6.45, 7) is 1.87. The fraction of sp³-hybridized carbons (Fsp3) is 0.467. The van der Waals surface area contributed by atoms with E-state index in [0.717, 1.165) is 21.9 Å². The Balaban J connectivity index is 1.80. The largest absolute Gasteiger partial charge is 0.507 e. The first-order valence-corrected chi connectivity index (χ1v) is 9.08. The van der Waals surface area contributed by atoms with Crippen molar-refractivity contribution < 1.29 is 15.0 Å². The standard InChI is InChI=1S/C15H18N2O3S2/c1-8-4-3-5-9(12(8)18)13-16-10(6-21-13)14-17(2)11(7-22-14)15(19)20/h3-5,10-11,14,18H,6-7H2,1-2H3,(H,19,20)/t10?,11-,14?/m1/s1. The van der Waals surface area contributed by atoms with E-state index >= 15 is 0 Å². The van der Waals surface area contributed by atoms with Gasteiger partial charge in [0.1, 0.15) is 16.8 Å². The second-order valence-electron chi connectivity index (χ2n) is 5.53. The van der Waals surface area contributed by atoms with Gasteiger partial charge in [0.2, 0.25) is 0 Å². The Kier molecular flexibility index (Phi) is 4.38. The van der Waals surface area contributed by atoms with E-state index in [2.05, 4.69) is 0 Å². The van der Waals surface area contributed by atoms with Crippen molar-refractivity contribution in [3.8, 4) is 5.75 Å². The molecule has 3 atom stereocenters. The van der Waals surface area contributed by atoms with Crippen LogP contribution in [0.1, 0.15) is 11.1 Å². The number of aliphatic carboxylic acids is 1. The molecule has 2 unspecified atom stereocenters. The van der Waals surface area contributed by atoms with Crippen LogP contribution in [-0.2, 0) is 4.79 Å². The van der Waals surface area contributed by atoms with Gasteiger partial charge in [0, 0.05) is 17.1 Å². The smallest absolute Gasteiger partial charge is 0.321 e. The van der Waals surface area contributed by atoms with Crippen molar-refractivity contribution in [2.75, 3.05) is 18.6 Å². The van der Waals surface area contributed by atoms with Crippen molar-refractivity contribution in [3.63, 3.8) is 0 Å². The number of aryl methyl sites for hydroxylation is 1. The van der Waals surface area contributed by atoms with Gasteiger partial charge >= 0.3 is 5.97 Å². The summed E-state index contributed by atoms with van der Waals surface area (Å²) in [5, 5.41) is 20.3. The molecule has 3 rings (SSSR count).